The van der Waals surface area contributed by atoms with Gasteiger partial charge >= 0.3 is 0 Å². The van der Waals surface area contributed by atoms with Crippen LogP contribution >= 0.6 is 0 Å². The van der Waals surface area contributed by atoms with Crippen molar-refractivity contribution in [3.63, 3.8) is 0 Å². The van der Waals surface area contributed by atoms with Gasteiger partial charge in [0.05, 0.1) is 24.9 Å². The van der Waals surface area contributed by atoms with Gasteiger partial charge in [0.1, 0.15) is 11.6 Å². The number of carbonyl (C=O) groups is 2. The maximum Gasteiger partial charge on any atom is 0.226 e. The molecule has 1 saturated heterocycles. The van der Waals surface area contributed by atoms with Crippen LogP contribution in [0.15, 0.2) is 36.7 Å². The number of ether oxygens (including phenoxy) is 1. The van der Waals surface area contributed by atoms with Gasteiger partial charge in [-0.1, -0.05) is 12.1 Å². The van der Waals surface area contributed by atoms with Gasteiger partial charge in [0.2, 0.25) is 11.8 Å². The van der Waals surface area contributed by atoms with E-state index in [2.05, 4.69) is 10.3 Å². The summed E-state index contributed by atoms with van der Waals surface area (Å²) in [5, 5.41) is 2.56. The van der Waals surface area contributed by atoms with Crippen molar-refractivity contribution in [1.29, 1.82) is 0 Å². The molecular weight excluding hydrogens is 351 g/mol. The number of carbonyl (C=O) groups excluding carboxylic acids is 2. The monoisotopic (exact) mass is 374 g/mol. The van der Waals surface area contributed by atoms with Crippen molar-refractivity contribution in [2.75, 3.05) is 25.1 Å². The highest BCUT2D eigenvalue weighted by molar-refractivity contribution is 5.91. The lowest BCUT2D eigenvalue weighted by Crippen LogP contribution is -2.50. The van der Waals surface area contributed by atoms with Crippen LogP contribution in [0.4, 0.5) is 10.1 Å². The number of morpholine rings is 1. The summed E-state index contributed by atoms with van der Waals surface area (Å²) in [6, 6.07) is 5.63. The van der Waals surface area contributed by atoms with Crippen molar-refractivity contribution in [1.82, 2.24) is 14.5 Å². The number of hydrogen-bond donors (Lipinski definition) is 1. The van der Waals surface area contributed by atoms with Crippen LogP contribution in [-0.2, 0) is 20.9 Å². The number of amides is 2. The first-order chi connectivity index (χ1) is 13.0. The van der Waals surface area contributed by atoms with E-state index in [1.54, 1.807) is 23.2 Å². The van der Waals surface area contributed by atoms with Gasteiger partial charge in [0.15, 0.2) is 0 Å². The van der Waals surface area contributed by atoms with Crippen molar-refractivity contribution in [2.45, 2.75) is 32.4 Å². The number of aryl methyl sites for hydroxylation is 2. The Morgan fingerprint density at radius 3 is 2.93 bits per heavy atom. The van der Waals surface area contributed by atoms with Crippen LogP contribution < -0.4 is 5.32 Å². The van der Waals surface area contributed by atoms with E-state index in [-0.39, 0.29) is 30.0 Å². The Morgan fingerprint density at radius 2 is 2.19 bits per heavy atom. The zero-order valence-electron chi connectivity index (χ0n) is 15.2. The van der Waals surface area contributed by atoms with Gasteiger partial charge in [0, 0.05) is 38.3 Å². The molecule has 1 aliphatic heterocycles. The predicted molar refractivity (Wildman–Crippen MR) is 97.5 cm³/mol. The Balaban J connectivity index is 1.57. The van der Waals surface area contributed by atoms with E-state index in [9.17, 15) is 14.0 Å². The van der Waals surface area contributed by atoms with Crippen LogP contribution in [0.25, 0.3) is 0 Å². The molecule has 0 bridgehead atoms. The number of nitrogens with zero attached hydrogens (tertiary/aromatic N) is 3. The van der Waals surface area contributed by atoms with E-state index in [4.69, 9.17) is 4.74 Å². The highest BCUT2D eigenvalue weighted by atomic mass is 19.1. The zero-order valence-corrected chi connectivity index (χ0v) is 15.2. The maximum absolute atomic E-state index is 13.7. The average Bonchev–Trinajstić information content (AvgIpc) is 3.07. The summed E-state index contributed by atoms with van der Waals surface area (Å²) in [6.07, 6.45) is 3.92. The van der Waals surface area contributed by atoms with E-state index in [0.29, 0.717) is 32.7 Å². The number of imidazole rings is 1. The highest BCUT2D eigenvalue weighted by Crippen LogP contribution is 2.16. The third-order valence-corrected chi connectivity index (χ3v) is 4.61. The second-order valence-electron chi connectivity index (χ2n) is 6.47. The smallest absolute Gasteiger partial charge is 0.226 e. The minimum atomic E-state index is -0.491. The minimum absolute atomic E-state index is 0.0323. The molecule has 144 valence electrons. The van der Waals surface area contributed by atoms with Crippen molar-refractivity contribution in [2.24, 2.45) is 0 Å². The normalized spacial score (nSPS) is 17.0. The largest absolute Gasteiger partial charge is 0.377 e. The fourth-order valence-corrected chi connectivity index (χ4v) is 3.13. The number of rotatable bonds is 6. The molecule has 1 fully saturated rings. The van der Waals surface area contributed by atoms with Gasteiger partial charge in [-0.25, -0.2) is 9.37 Å². The number of para-hydroxylation sites is 1. The molecule has 1 atom stereocenters. The van der Waals surface area contributed by atoms with E-state index >= 15 is 0 Å². The molecule has 0 aliphatic carbocycles. The van der Waals surface area contributed by atoms with Crippen LogP contribution in [0.5, 0.6) is 0 Å². The van der Waals surface area contributed by atoms with Gasteiger partial charge < -0.3 is 19.5 Å². The zero-order chi connectivity index (χ0) is 19.2. The summed E-state index contributed by atoms with van der Waals surface area (Å²) in [5.41, 5.74) is 0.132. The van der Waals surface area contributed by atoms with Crippen molar-refractivity contribution in [3.05, 3.63) is 48.3 Å². The first kappa shape index (κ1) is 19.0. The van der Waals surface area contributed by atoms with Crippen LogP contribution in [0.3, 0.4) is 0 Å². The fraction of sp³-hybridized carbons (Fsp3) is 0.421. The van der Waals surface area contributed by atoms with Gasteiger partial charge in [-0.2, -0.15) is 0 Å². The number of aromatic nitrogens is 2. The summed E-state index contributed by atoms with van der Waals surface area (Å²) < 4.78 is 21.0. The first-order valence-electron chi connectivity index (χ1n) is 8.94. The third-order valence-electron chi connectivity index (χ3n) is 4.61. The minimum Gasteiger partial charge on any atom is -0.377 e. The Morgan fingerprint density at radius 1 is 1.37 bits per heavy atom. The summed E-state index contributed by atoms with van der Waals surface area (Å²) in [6.45, 7) is 3.60. The van der Waals surface area contributed by atoms with Gasteiger partial charge in [-0.15, -0.1) is 0 Å². The Bertz CT molecular complexity index is 808. The number of anilines is 1. The highest BCUT2D eigenvalue weighted by Gasteiger charge is 2.29. The molecule has 1 aliphatic rings. The van der Waals surface area contributed by atoms with Crippen LogP contribution in [-0.4, -0.2) is 52.1 Å². The Labute approximate surface area is 157 Å². The molecule has 1 aromatic heterocycles. The summed E-state index contributed by atoms with van der Waals surface area (Å²) in [5.74, 6) is -0.0195. The summed E-state index contributed by atoms with van der Waals surface area (Å²) in [4.78, 5) is 30.8. The van der Waals surface area contributed by atoms with Crippen LogP contribution in [0.1, 0.15) is 18.7 Å². The molecule has 0 saturated carbocycles. The topological polar surface area (TPSA) is 76.5 Å². The van der Waals surface area contributed by atoms with E-state index < -0.39 is 5.82 Å². The number of nitrogens with one attached hydrogen (secondary N) is 1. The molecule has 1 aromatic carbocycles. The Kier molecular flexibility index (Phi) is 6.18. The quantitative estimate of drug-likeness (QED) is 0.839. The molecule has 0 spiro atoms. The van der Waals surface area contributed by atoms with E-state index in [1.807, 2.05) is 17.7 Å². The molecule has 2 aromatic rings. The molecule has 1 N–H and O–H groups in total. The second-order valence-corrected chi connectivity index (χ2v) is 6.47. The van der Waals surface area contributed by atoms with E-state index in [1.165, 1.54) is 12.1 Å². The Hall–Kier alpha value is -2.74. The van der Waals surface area contributed by atoms with Gasteiger partial charge in [-0.3, -0.25) is 9.59 Å². The van der Waals surface area contributed by atoms with Gasteiger partial charge in [0.25, 0.3) is 0 Å². The lowest BCUT2D eigenvalue weighted by Gasteiger charge is -2.35. The summed E-state index contributed by atoms with van der Waals surface area (Å²) >= 11 is 0. The molecule has 27 heavy (non-hydrogen) atoms. The number of halogens is 1. The maximum atomic E-state index is 13.7. The molecule has 2 amide bonds. The molecule has 0 radical (unpaired) electrons. The van der Waals surface area contributed by atoms with Gasteiger partial charge in [-0.05, 0) is 19.1 Å². The molecular formula is C19H23FN4O3. The number of benzene rings is 1. The van der Waals surface area contributed by atoms with Crippen LogP contribution in [0, 0.1) is 12.7 Å². The predicted octanol–water partition coefficient (Wildman–Crippen LogP) is 1.98. The van der Waals surface area contributed by atoms with Crippen molar-refractivity contribution < 1.29 is 18.7 Å². The third kappa shape index (κ3) is 4.91. The summed E-state index contributed by atoms with van der Waals surface area (Å²) in [7, 11) is 0. The fourth-order valence-electron chi connectivity index (χ4n) is 3.13. The lowest BCUT2D eigenvalue weighted by molar-refractivity contribution is -0.141. The second kappa shape index (κ2) is 8.77. The molecule has 0 unspecified atom stereocenters. The standard InChI is InChI=1S/C19H23FN4O3/c1-14-21-7-9-23(14)8-6-19(26)24-10-11-27-13-15(24)12-18(25)22-17-5-3-2-4-16(17)20/h2-5,7,9,15H,6,8,10-13H2,1H3,(H,22,25)/t15-/m1/s1. The molecule has 8 heteroatoms. The SMILES string of the molecule is Cc1nccn1CCC(=O)N1CCOC[C@H]1CC(=O)Nc1ccccc1F. The van der Waals surface area contributed by atoms with E-state index in [0.717, 1.165) is 5.82 Å². The van der Waals surface area contributed by atoms with Crippen LogP contribution in [0.2, 0.25) is 0 Å². The van der Waals surface area contributed by atoms with Crippen molar-refractivity contribution >= 4 is 17.5 Å². The molecule has 3 rings (SSSR count). The first-order valence-corrected chi connectivity index (χ1v) is 8.94. The van der Waals surface area contributed by atoms with Crippen molar-refractivity contribution in [3.8, 4) is 0 Å². The molecule has 2 heterocycles. The molecule has 7 nitrogen and oxygen atoms in total. The lowest BCUT2D eigenvalue weighted by atomic mass is 10.1. The number of hydrogen-bond acceptors (Lipinski definition) is 4. The average molecular weight is 374 g/mol.